The highest BCUT2D eigenvalue weighted by molar-refractivity contribution is 6.84. The molecule has 2 atom stereocenters. The Morgan fingerprint density at radius 3 is 2.73 bits per heavy atom. The van der Waals surface area contributed by atoms with E-state index in [-0.39, 0.29) is 6.10 Å². The molecular weight excluding hydrogens is 286 g/mol. The van der Waals surface area contributed by atoms with Gasteiger partial charge in [0.15, 0.2) is 0 Å². The SMILES string of the molecule is C[Si](C)(C)C1=C2c3nc4ccccc4cc3C(O)CC2CC1. The molecule has 0 bridgehead atoms. The largest absolute Gasteiger partial charge is 0.388 e. The van der Waals surface area contributed by atoms with Crippen LogP contribution in [0.15, 0.2) is 35.5 Å². The van der Waals surface area contributed by atoms with Crippen molar-refractivity contribution in [1.82, 2.24) is 4.98 Å². The monoisotopic (exact) mass is 309 g/mol. The number of aromatic nitrogens is 1. The van der Waals surface area contributed by atoms with E-state index in [1.807, 2.05) is 12.1 Å². The van der Waals surface area contributed by atoms with Gasteiger partial charge in [-0.15, -0.1) is 0 Å². The highest BCUT2D eigenvalue weighted by atomic mass is 28.3. The molecule has 0 amide bonds. The first-order valence-electron chi connectivity index (χ1n) is 8.27. The van der Waals surface area contributed by atoms with Crippen molar-refractivity contribution in [3.05, 3.63) is 46.8 Å². The molecule has 1 aromatic heterocycles. The van der Waals surface area contributed by atoms with E-state index in [1.165, 1.54) is 18.4 Å². The van der Waals surface area contributed by atoms with E-state index in [0.29, 0.717) is 5.92 Å². The molecule has 3 heteroatoms. The van der Waals surface area contributed by atoms with E-state index in [9.17, 15) is 5.11 Å². The fraction of sp³-hybridized carbons (Fsp3) is 0.421. The number of hydrogen-bond donors (Lipinski definition) is 1. The molecule has 0 radical (unpaired) electrons. The number of fused-ring (bicyclic) bond motifs is 4. The maximum absolute atomic E-state index is 10.6. The number of allylic oxidation sites excluding steroid dienone is 2. The van der Waals surface area contributed by atoms with Gasteiger partial charge in [-0.3, -0.25) is 0 Å². The van der Waals surface area contributed by atoms with E-state index in [0.717, 1.165) is 28.6 Å². The molecule has 4 rings (SSSR count). The van der Waals surface area contributed by atoms with E-state index in [1.54, 1.807) is 5.20 Å². The minimum absolute atomic E-state index is 0.359. The highest BCUT2D eigenvalue weighted by Crippen LogP contribution is 2.51. The zero-order valence-electron chi connectivity index (χ0n) is 13.6. The molecule has 2 unspecified atom stereocenters. The summed E-state index contributed by atoms with van der Waals surface area (Å²) in [5, 5.41) is 13.4. The van der Waals surface area contributed by atoms with Crippen molar-refractivity contribution < 1.29 is 5.11 Å². The molecule has 2 nitrogen and oxygen atoms in total. The second-order valence-electron chi connectivity index (χ2n) is 7.75. The predicted octanol–water partition coefficient (Wildman–Crippen LogP) is 4.71. The van der Waals surface area contributed by atoms with Crippen molar-refractivity contribution in [3.8, 4) is 0 Å². The summed E-state index contributed by atoms with van der Waals surface area (Å²) >= 11 is 0. The van der Waals surface area contributed by atoms with Crippen LogP contribution in [-0.4, -0.2) is 18.2 Å². The van der Waals surface area contributed by atoms with Crippen LogP contribution in [0.2, 0.25) is 19.6 Å². The van der Waals surface area contributed by atoms with Gasteiger partial charge in [-0.1, -0.05) is 43.0 Å². The molecule has 0 aliphatic heterocycles. The maximum Gasteiger partial charge on any atom is 0.0817 e. The fourth-order valence-corrected chi connectivity index (χ4v) is 6.22. The van der Waals surface area contributed by atoms with Crippen LogP contribution in [0.25, 0.3) is 16.5 Å². The quantitative estimate of drug-likeness (QED) is 0.774. The Morgan fingerprint density at radius 1 is 1.18 bits per heavy atom. The number of rotatable bonds is 1. The van der Waals surface area contributed by atoms with Crippen molar-refractivity contribution in [2.45, 2.75) is 45.0 Å². The zero-order valence-corrected chi connectivity index (χ0v) is 14.6. The first-order valence-corrected chi connectivity index (χ1v) is 11.8. The van der Waals surface area contributed by atoms with Crippen molar-refractivity contribution >= 4 is 24.5 Å². The Bertz CT molecular complexity index is 788. The van der Waals surface area contributed by atoms with Crippen LogP contribution < -0.4 is 0 Å². The fourth-order valence-electron chi connectivity index (χ4n) is 4.19. The van der Waals surface area contributed by atoms with Gasteiger partial charge in [-0.05, 0) is 42.9 Å². The Labute approximate surface area is 132 Å². The van der Waals surface area contributed by atoms with Crippen LogP contribution in [0.4, 0.5) is 0 Å². The molecule has 22 heavy (non-hydrogen) atoms. The van der Waals surface area contributed by atoms with Crippen molar-refractivity contribution in [2.75, 3.05) is 0 Å². The molecule has 1 heterocycles. The van der Waals surface area contributed by atoms with Crippen molar-refractivity contribution in [3.63, 3.8) is 0 Å². The Kier molecular flexibility index (Phi) is 3.07. The minimum Gasteiger partial charge on any atom is -0.388 e. The summed E-state index contributed by atoms with van der Waals surface area (Å²) < 4.78 is 0. The summed E-state index contributed by atoms with van der Waals surface area (Å²) in [5.41, 5.74) is 4.67. The molecule has 2 aliphatic rings. The highest BCUT2D eigenvalue weighted by Gasteiger charge is 2.39. The summed E-state index contributed by atoms with van der Waals surface area (Å²) in [7, 11) is -1.33. The topological polar surface area (TPSA) is 33.1 Å². The van der Waals surface area contributed by atoms with Gasteiger partial charge in [0.05, 0.1) is 25.4 Å². The number of para-hydroxylation sites is 1. The van der Waals surface area contributed by atoms with Gasteiger partial charge in [0.2, 0.25) is 0 Å². The molecule has 2 aliphatic carbocycles. The number of nitrogens with zero attached hydrogens (tertiary/aromatic N) is 1. The van der Waals surface area contributed by atoms with Gasteiger partial charge in [0.1, 0.15) is 0 Å². The minimum atomic E-state index is -1.33. The summed E-state index contributed by atoms with van der Waals surface area (Å²) in [5.74, 6) is 0.512. The van der Waals surface area contributed by atoms with Crippen LogP contribution >= 0.6 is 0 Å². The summed E-state index contributed by atoms with van der Waals surface area (Å²) in [6.45, 7) is 7.30. The Morgan fingerprint density at radius 2 is 1.95 bits per heavy atom. The van der Waals surface area contributed by atoms with Crippen LogP contribution in [0.5, 0.6) is 0 Å². The van der Waals surface area contributed by atoms with Crippen LogP contribution in [-0.2, 0) is 0 Å². The van der Waals surface area contributed by atoms with Crippen molar-refractivity contribution in [2.24, 2.45) is 5.92 Å². The second kappa shape index (κ2) is 4.77. The molecular formula is C19H23NOSi. The van der Waals surface area contributed by atoms with E-state index in [4.69, 9.17) is 4.98 Å². The van der Waals surface area contributed by atoms with Gasteiger partial charge in [0, 0.05) is 10.9 Å². The normalized spacial score (nSPS) is 24.5. The van der Waals surface area contributed by atoms with Gasteiger partial charge in [0.25, 0.3) is 0 Å². The first-order chi connectivity index (χ1) is 10.4. The number of aliphatic hydroxyl groups is 1. The van der Waals surface area contributed by atoms with Crippen LogP contribution in [0.1, 0.15) is 36.6 Å². The smallest absolute Gasteiger partial charge is 0.0817 e. The molecule has 2 aromatic rings. The molecule has 1 aromatic carbocycles. The summed E-state index contributed by atoms with van der Waals surface area (Å²) in [6, 6.07) is 10.4. The Hall–Kier alpha value is -1.45. The molecule has 114 valence electrons. The van der Waals surface area contributed by atoms with Gasteiger partial charge in [-0.2, -0.15) is 0 Å². The van der Waals surface area contributed by atoms with Gasteiger partial charge < -0.3 is 5.11 Å². The average molecular weight is 309 g/mol. The maximum atomic E-state index is 10.6. The number of aliphatic hydroxyl groups excluding tert-OH is 1. The van der Waals surface area contributed by atoms with Crippen LogP contribution in [0, 0.1) is 5.92 Å². The molecule has 0 saturated carbocycles. The third-order valence-corrected chi connectivity index (χ3v) is 7.59. The van der Waals surface area contributed by atoms with E-state index in [2.05, 4.69) is 37.8 Å². The summed E-state index contributed by atoms with van der Waals surface area (Å²) in [6.07, 6.45) is 2.91. The van der Waals surface area contributed by atoms with Gasteiger partial charge in [-0.25, -0.2) is 4.98 Å². The number of pyridine rings is 1. The lowest BCUT2D eigenvalue weighted by Crippen LogP contribution is -2.25. The third-order valence-electron chi connectivity index (χ3n) is 5.26. The second-order valence-corrected chi connectivity index (χ2v) is 12.9. The van der Waals surface area contributed by atoms with E-state index < -0.39 is 8.07 Å². The lowest BCUT2D eigenvalue weighted by molar-refractivity contribution is 0.148. The lowest BCUT2D eigenvalue weighted by Gasteiger charge is -2.30. The molecule has 0 saturated heterocycles. The Balaban J connectivity index is 2.02. The number of hydrogen-bond acceptors (Lipinski definition) is 2. The van der Waals surface area contributed by atoms with Gasteiger partial charge >= 0.3 is 0 Å². The lowest BCUT2D eigenvalue weighted by atomic mass is 9.81. The van der Waals surface area contributed by atoms with Crippen LogP contribution in [0.3, 0.4) is 0 Å². The molecule has 1 N–H and O–H groups in total. The standard InChI is InChI=1S/C19H23NOSi/c1-22(2,3)17-9-8-13-11-16(21)14-10-12-6-4-5-7-15(12)20-19(14)18(13)17/h4-7,10,13,16,21H,8-9,11H2,1-3H3. The molecule has 0 fully saturated rings. The first kappa shape index (κ1) is 14.2. The van der Waals surface area contributed by atoms with E-state index >= 15 is 0 Å². The van der Waals surface area contributed by atoms with Crippen molar-refractivity contribution in [1.29, 1.82) is 0 Å². The average Bonchev–Trinajstić information content (AvgIpc) is 2.90. The zero-order chi connectivity index (χ0) is 15.5. The molecule has 0 spiro atoms. The number of benzene rings is 1. The predicted molar refractivity (Wildman–Crippen MR) is 94.3 cm³/mol. The summed E-state index contributed by atoms with van der Waals surface area (Å²) in [4.78, 5) is 4.98. The third kappa shape index (κ3) is 2.07.